The van der Waals surface area contributed by atoms with Crippen LogP contribution in [0.3, 0.4) is 0 Å². The quantitative estimate of drug-likeness (QED) is 0.0381. The first-order chi connectivity index (χ1) is 18.3. The van der Waals surface area contributed by atoms with Crippen molar-refractivity contribution in [3.63, 3.8) is 0 Å². The van der Waals surface area contributed by atoms with E-state index in [9.17, 15) is 29.4 Å². The Morgan fingerprint density at radius 1 is 0.744 bits per heavy atom. The van der Waals surface area contributed by atoms with Gasteiger partial charge in [-0.05, 0) is 58.4 Å². The molecular weight excluding hydrogens is 514 g/mol. The van der Waals surface area contributed by atoms with Gasteiger partial charge in [0.15, 0.2) is 18.0 Å². The Hall–Kier alpha value is -3.70. The van der Waals surface area contributed by atoms with Crippen LogP contribution in [-0.4, -0.2) is 95.7 Å². The normalized spacial score (nSPS) is 14.6. The highest BCUT2D eigenvalue weighted by molar-refractivity contribution is 5.94. The van der Waals surface area contributed by atoms with Gasteiger partial charge in [-0.25, -0.2) is 4.79 Å². The average molecular weight is 560 g/mol. The van der Waals surface area contributed by atoms with Crippen LogP contribution in [-0.2, 0) is 19.2 Å². The van der Waals surface area contributed by atoms with Crippen LogP contribution >= 0.6 is 0 Å². The Bertz CT molecular complexity index is 844. The number of hydrogen-bond acceptors (Lipinski definition) is 9. The number of carboxylic acids is 1. The molecule has 17 nitrogen and oxygen atoms in total. The molecule has 224 valence electrons. The number of aliphatic carboxylic acids is 1. The van der Waals surface area contributed by atoms with E-state index in [1.54, 1.807) is 0 Å². The van der Waals surface area contributed by atoms with E-state index in [1.807, 2.05) is 0 Å². The minimum Gasteiger partial charge on any atom is -0.480 e. The lowest BCUT2D eigenvalue weighted by Crippen LogP contribution is -2.58. The second kappa shape index (κ2) is 19.4. The number of nitrogens with two attached hydrogens (primary N) is 6. The van der Waals surface area contributed by atoms with Gasteiger partial charge in [-0.15, -0.1) is 0 Å². The molecular formula is C22H45N11O6. The van der Waals surface area contributed by atoms with E-state index >= 15 is 0 Å². The number of unbranched alkanes of at least 4 members (excludes halogenated alkanes) is 1. The van der Waals surface area contributed by atoms with E-state index in [1.165, 1.54) is 6.92 Å². The van der Waals surface area contributed by atoms with Crippen LogP contribution in [0.5, 0.6) is 0 Å². The summed E-state index contributed by atoms with van der Waals surface area (Å²) in [5.74, 6) is -3.77. The number of carboxylic acid groups (broad SMARTS) is 1. The topological polar surface area (TPSA) is 326 Å². The molecule has 0 aliphatic rings. The van der Waals surface area contributed by atoms with E-state index < -0.39 is 54.0 Å². The van der Waals surface area contributed by atoms with Crippen molar-refractivity contribution >= 4 is 35.6 Å². The molecule has 0 aromatic carbocycles. The van der Waals surface area contributed by atoms with Gasteiger partial charge >= 0.3 is 5.97 Å². The highest BCUT2D eigenvalue weighted by Crippen LogP contribution is 2.07. The van der Waals surface area contributed by atoms with Crippen molar-refractivity contribution in [2.75, 3.05) is 19.6 Å². The highest BCUT2D eigenvalue weighted by atomic mass is 16.4. The number of aliphatic hydroxyl groups is 1. The summed E-state index contributed by atoms with van der Waals surface area (Å²) in [6.45, 7) is 2.01. The van der Waals surface area contributed by atoms with Gasteiger partial charge < -0.3 is 60.6 Å². The third kappa shape index (κ3) is 16.0. The van der Waals surface area contributed by atoms with Gasteiger partial charge in [0.1, 0.15) is 12.1 Å². The Morgan fingerprint density at radius 2 is 1.21 bits per heavy atom. The number of nitrogens with zero attached hydrogens (tertiary/aromatic N) is 2. The summed E-state index contributed by atoms with van der Waals surface area (Å²) in [7, 11) is 0. The van der Waals surface area contributed by atoms with E-state index in [0.29, 0.717) is 32.2 Å². The number of hydrogen-bond donors (Lipinski definition) is 11. The molecule has 39 heavy (non-hydrogen) atoms. The Balaban J connectivity index is 5.58. The second-order valence-corrected chi connectivity index (χ2v) is 8.98. The van der Waals surface area contributed by atoms with Gasteiger partial charge in [0.05, 0.1) is 12.1 Å². The number of amides is 3. The van der Waals surface area contributed by atoms with Crippen molar-refractivity contribution in [1.82, 2.24) is 16.0 Å². The zero-order valence-corrected chi connectivity index (χ0v) is 22.3. The summed E-state index contributed by atoms with van der Waals surface area (Å²) < 4.78 is 0. The van der Waals surface area contributed by atoms with Gasteiger partial charge in [0.25, 0.3) is 0 Å². The Morgan fingerprint density at radius 3 is 1.67 bits per heavy atom. The fourth-order valence-corrected chi connectivity index (χ4v) is 3.38. The molecule has 17 N–H and O–H groups in total. The molecule has 0 fully saturated rings. The maximum absolute atomic E-state index is 13.2. The SMILES string of the molecule is CC(O)C(NC(=O)C(CCCCN)NC(=O)C(CCCN=C(N)N)NC(=O)C(N)CCCN=C(N)N)C(=O)O. The van der Waals surface area contributed by atoms with Gasteiger partial charge in [-0.3, -0.25) is 24.4 Å². The van der Waals surface area contributed by atoms with Crippen LogP contribution in [0.4, 0.5) is 0 Å². The lowest BCUT2D eigenvalue weighted by atomic mass is 10.0. The molecule has 0 aliphatic heterocycles. The minimum absolute atomic E-state index is 0.0845. The van der Waals surface area contributed by atoms with Gasteiger partial charge in [-0.2, -0.15) is 0 Å². The number of carbonyl (C=O) groups is 4. The van der Waals surface area contributed by atoms with E-state index in [0.717, 1.165) is 0 Å². The summed E-state index contributed by atoms with van der Waals surface area (Å²) in [4.78, 5) is 57.8. The molecule has 0 aromatic rings. The van der Waals surface area contributed by atoms with Crippen molar-refractivity contribution in [2.45, 2.75) is 82.1 Å². The van der Waals surface area contributed by atoms with Crippen LogP contribution in [0.15, 0.2) is 9.98 Å². The van der Waals surface area contributed by atoms with E-state index in [2.05, 4.69) is 25.9 Å². The van der Waals surface area contributed by atoms with Crippen LogP contribution in [0.25, 0.3) is 0 Å². The molecule has 17 heteroatoms. The third-order valence-corrected chi connectivity index (χ3v) is 5.51. The predicted molar refractivity (Wildman–Crippen MR) is 146 cm³/mol. The van der Waals surface area contributed by atoms with Crippen molar-refractivity contribution in [3.8, 4) is 0 Å². The molecule has 0 saturated carbocycles. The average Bonchev–Trinajstić information content (AvgIpc) is 2.85. The van der Waals surface area contributed by atoms with Gasteiger partial charge in [-0.1, -0.05) is 0 Å². The molecule has 5 atom stereocenters. The van der Waals surface area contributed by atoms with Crippen molar-refractivity contribution in [1.29, 1.82) is 0 Å². The van der Waals surface area contributed by atoms with Crippen LogP contribution in [0, 0.1) is 0 Å². The second-order valence-electron chi connectivity index (χ2n) is 8.98. The lowest BCUT2D eigenvalue weighted by molar-refractivity contribution is -0.145. The number of nitrogens with one attached hydrogen (secondary N) is 3. The standard InChI is InChI=1S/C22H45N11O6/c1-12(34)16(20(38)39)33-19(37)14(7-2-3-9-23)32-18(36)15(8-5-11-30-22(27)28)31-17(35)13(24)6-4-10-29-21(25)26/h12-16,34H,2-11,23-24H2,1H3,(H,31,35)(H,32,36)(H,33,37)(H,38,39)(H4,25,26,29)(H4,27,28,30). The molecule has 0 aromatic heterocycles. The predicted octanol–water partition coefficient (Wildman–Crippen LogP) is -4.53. The summed E-state index contributed by atoms with van der Waals surface area (Å²) in [5.41, 5.74) is 32.7. The van der Waals surface area contributed by atoms with Crippen LogP contribution in [0.1, 0.15) is 51.9 Å². The monoisotopic (exact) mass is 559 g/mol. The third-order valence-electron chi connectivity index (χ3n) is 5.51. The first kappa shape index (κ1) is 35.3. The van der Waals surface area contributed by atoms with E-state index in [4.69, 9.17) is 34.4 Å². The molecule has 3 amide bonds. The molecule has 0 heterocycles. The van der Waals surface area contributed by atoms with Gasteiger partial charge in [0, 0.05) is 13.1 Å². The highest BCUT2D eigenvalue weighted by Gasteiger charge is 2.31. The molecule has 5 unspecified atom stereocenters. The van der Waals surface area contributed by atoms with Crippen molar-refractivity contribution in [3.05, 3.63) is 0 Å². The fourth-order valence-electron chi connectivity index (χ4n) is 3.38. The first-order valence-electron chi connectivity index (χ1n) is 12.7. The smallest absolute Gasteiger partial charge is 0.328 e. The number of guanidine groups is 2. The Kier molecular flexibility index (Phi) is 17.5. The zero-order valence-electron chi connectivity index (χ0n) is 22.3. The number of aliphatic hydroxyl groups excluding tert-OH is 1. The molecule has 0 saturated heterocycles. The summed E-state index contributed by atoms with van der Waals surface area (Å²) in [6.07, 6.45) is 0.828. The largest absolute Gasteiger partial charge is 0.480 e. The fraction of sp³-hybridized carbons (Fsp3) is 0.727. The summed E-state index contributed by atoms with van der Waals surface area (Å²) in [5, 5.41) is 26.4. The first-order valence-corrected chi connectivity index (χ1v) is 12.7. The maximum Gasteiger partial charge on any atom is 0.328 e. The molecule has 0 aliphatic carbocycles. The van der Waals surface area contributed by atoms with Crippen molar-refractivity contribution < 1.29 is 29.4 Å². The summed E-state index contributed by atoms with van der Waals surface area (Å²) >= 11 is 0. The lowest BCUT2D eigenvalue weighted by Gasteiger charge is -2.26. The maximum atomic E-state index is 13.2. The van der Waals surface area contributed by atoms with Crippen LogP contribution in [0.2, 0.25) is 0 Å². The zero-order chi connectivity index (χ0) is 30.0. The molecule has 0 rings (SSSR count). The van der Waals surface area contributed by atoms with Crippen molar-refractivity contribution in [2.24, 2.45) is 44.4 Å². The number of rotatable bonds is 20. The number of aliphatic imine (C=N–C) groups is 2. The van der Waals surface area contributed by atoms with E-state index in [-0.39, 0.29) is 44.3 Å². The molecule has 0 bridgehead atoms. The van der Waals surface area contributed by atoms with Crippen LogP contribution < -0.4 is 50.4 Å². The molecule has 0 spiro atoms. The minimum atomic E-state index is -1.58. The molecule has 0 radical (unpaired) electrons. The number of carbonyl (C=O) groups excluding carboxylic acids is 3. The Labute approximate surface area is 227 Å². The summed E-state index contributed by atoms with van der Waals surface area (Å²) in [6, 6.07) is -4.81. The van der Waals surface area contributed by atoms with Gasteiger partial charge in [0.2, 0.25) is 17.7 Å².